The van der Waals surface area contributed by atoms with Crippen molar-refractivity contribution in [1.29, 1.82) is 0 Å². The summed E-state index contributed by atoms with van der Waals surface area (Å²) in [6.07, 6.45) is -11.2. The zero-order chi connectivity index (χ0) is 25.4. The van der Waals surface area contributed by atoms with E-state index in [2.05, 4.69) is 15.9 Å². The van der Waals surface area contributed by atoms with Crippen LogP contribution in [0.4, 0.5) is 31.1 Å². The van der Waals surface area contributed by atoms with Gasteiger partial charge in [0, 0.05) is 42.1 Å². The summed E-state index contributed by atoms with van der Waals surface area (Å²) in [5.41, 5.74) is -3.23. The summed E-state index contributed by atoms with van der Waals surface area (Å²) in [5, 5.41) is 9.40. The lowest BCUT2D eigenvalue weighted by atomic mass is 9.85. The van der Waals surface area contributed by atoms with Gasteiger partial charge in [0.1, 0.15) is 0 Å². The predicted molar refractivity (Wildman–Crippen MR) is 113 cm³/mol. The van der Waals surface area contributed by atoms with E-state index in [1.807, 2.05) is 0 Å². The lowest BCUT2D eigenvalue weighted by Gasteiger charge is -2.42. The molecule has 2 aromatic rings. The van der Waals surface area contributed by atoms with Gasteiger partial charge in [0.25, 0.3) is 5.91 Å². The van der Waals surface area contributed by atoms with Crippen LogP contribution in [0.15, 0.2) is 46.9 Å². The van der Waals surface area contributed by atoms with Gasteiger partial charge in [-0.3, -0.25) is 4.79 Å². The molecule has 1 aliphatic rings. The maximum Gasteiger partial charge on any atom is 0.416 e. The molecule has 2 atom stereocenters. The van der Waals surface area contributed by atoms with Gasteiger partial charge in [-0.2, -0.15) is 26.3 Å². The number of piperidine rings is 1. The molecule has 1 aliphatic heterocycles. The number of carbonyl (C=O) groups is 2. The van der Waals surface area contributed by atoms with E-state index in [1.165, 1.54) is 7.05 Å². The van der Waals surface area contributed by atoms with E-state index in [0.717, 1.165) is 14.3 Å². The first-order chi connectivity index (χ1) is 15.7. The fourth-order valence-corrected chi connectivity index (χ4v) is 4.31. The van der Waals surface area contributed by atoms with Crippen molar-refractivity contribution in [2.45, 2.75) is 30.7 Å². The van der Waals surface area contributed by atoms with Gasteiger partial charge in [0.2, 0.25) is 0 Å². The van der Waals surface area contributed by atoms with Gasteiger partial charge in [0.05, 0.1) is 11.1 Å². The molecule has 0 aliphatic carbocycles. The zero-order valence-corrected chi connectivity index (χ0v) is 19.2. The first-order valence-electron chi connectivity index (χ1n) is 9.98. The van der Waals surface area contributed by atoms with Crippen LogP contribution in [-0.4, -0.2) is 53.1 Å². The van der Waals surface area contributed by atoms with Gasteiger partial charge < -0.3 is 14.9 Å². The molecular weight excluding hydrogens is 534 g/mol. The second-order valence-corrected chi connectivity index (χ2v) is 8.87. The van der Waals surface area contributed by atoms with Crippen LogP contribution in [0.25, 0.3) is 0 Å². The highest BCUT2D eigenvalue weighted by Gasteiger charge is 2.40. The number of rotatable bonds is 3. The summed E-state index contributed by atoms with van der Waals surface area (Å²) in [5.74, 6) is -1.56. The van der Waals surface area contributed by atoms with Gasteiger partial charge in [-0.25, -0.2) is 4.79 Å². The molecule has 184 valence electrons. The molecule has 1 heterocycles. The van der Waals surface area contributed by atoms with E-state index in [4.69, 9.17) is 0 Å². The van der Waals surface area contributed by atoms with Gasteiger partial charge in [0.15, 0.2) is 0 Å². The fourth-order valence-electron chi connectivity index (χ4n) is 4.05. The monoisotopic (exact) mass is 552 g/mol. The third kappa shape index (κ3) is 5.65. The van der Waals surface area contributed by atoms with Crippen LogP contribution in [0.3, 0.4) is 0 Å². The minimum Gasteiger partial charge on any atom is -0.465 e. The maximum atomic E-state index is 13.2. The summed E-state index contributed by atoms with van der Waals surface area (Å²) in [6, 6.07) is 6.98. The van der Waals surface area contributed by atoms with Crippen molar-refractivity contribution in [1.82, 2.24) is 9.80 Å². The third-order valence-corrected chi connectivity index (χ3v) is 6.33. The molecule has 0 bridgehead atoms. The van der Waals surface area contributed by atoms with Gasteiger partial charge in [-0.05, 0) is 42.3 Å². The van der Waals surface area contributed by atoms with Crippen molar-refractivity contribution in [2.75, 3.05) is 20.1 Å². The number of halogens is 7. The van der Waals surface area contributed by atoms with Crippen LogP contribution in [0.5, 0.6) is 0 Å². The fraction of sp³-hybridized carbons (Fsp3) is 0.364. The van der Waals surface area contributed by atoms with E-state index in [1.54, 1.807) is 24.3 Å². The number of nitrogens with zero attached hydrogens (tertiary/aromatic N) is 2. The maximum absolute atomic E-state index is 13.2. The number of likely N-dealkylation sites (tertiary alicyclic amines) is 1. The highest BCUT2D eigenvalue weighted by atomic mass is 79.9. The van der Waals surface area contributed by atoms with Crippen molar-refractivity contribution in [2.24, 2.45) is 0 Å². The van der Waals surface area contributed by atoms with Gasteiger partial charge in [-0.1, -0.05) is 28.1 Å². The Morgan fingerprint density at radius 2 is 1.53 bits per heavy atom. The van der Waals surface area contributed by atoms with E-state index in [0.29, 0.717) is 17.7 Å². The van der Waals surface area contributed by atoms with Crippen molar-refractivity contribution in [3.8, 4) is 0 Å². The number of hydrogen-bond acceptors (Lipinski definition) is 2. The normalized spacial score (nSPS) is 19.1. The molecule has 2 aromatic carbocycles. The van der Waals surface area contributed by atoms with E-state index >= 15 is 0 Å². The Labute approximate surface area is 199 Å². The number of alkyl halides is 6. The summed E-state index contributed by atoms with van der Waals surface area (Å²) in [4.78, 5) is 26.9. The molecule has 5 nitrogen and oxygen atoms in total. The third-order valence-electron chi connectivity index (χ3n) is 5.80. The zero-order valence-electron chi connectivity index (χ0n) is 17.6. The number of carboxylic acid groups (broad SMARTS) is 1. The molecule has 34 heavy (non-hydrogen) atoms. The molecule has 0 radical (unpaired) electrons. The molecule has 0 unspecified atom stereocenters. The molecule has 2 amide bonds. The largest absolute Gasteiger partial charge is 0.465 e. The topological polar surface area (TPSA) is 60.9 Å². The molecule has 0 aromatic heterocycles. The number of likely N-dealkylation sites (N-methyl/N-ethyl adjacent to an activating group) is 1. The van der Waals surface area contributed by atoms with Crippen molar-refractivity contribution >= 4 is 27.9 Å². The SMILES string of the molecule is CN(C(=O)c1cc(C(F)(F)F)cc(C(F)(F)F)c1)[C@@H]1CCN(C(=O)O)C[C@H]1c1ccc(Br)cc1. The first-order valence-corrected chi connectivity index (χ1v) is 10.8. The standard InChI is InChI=1S/C22H19BrF6N2O3/c1-30(19(32)13-8-14(21(24,25)26)10-15(9-13)22(27,28)29)18-6-7-31(20(33)34)11-17(18)12-2-4-16(23)5-3-12/h2-5,8-10,17-18H,6-7,11H2,1H3,(H,33,34)/t17-,18+/m0/s1. The molecule has 1 saturated heterocycles. The first kappa shape index (κ1) is 25.9. The summed E-state index contributed by atoms with van der Waals surface area (Å²) < 4.78 is 80.2. The lowest BCUT2D eigenvalue weighted by molar-refractivity contribution is -0.143. The van der Waals surface area contributed by atoms with E-state index in [9.17, 15) is 41.0 Å². The number of carbonyl (C=O) groups excluding carboxylic acids is 1. The van der Waals surface area contributed by atoms with Gasteiger partial charge in [-0.15, -0.1) is 0 Å². The van der Waals surface area contributed by atoms with Crippen molar-refractivity contribution in [3.05, 3.63) is 69.2 Å². The Hall–Kier alpha value is -2.76. The Morgan fingerprint density at radius 3 is 2.00 bits per heavy atom. The van der Waals surface area contributed by atoms with Crippen molar-refractivity contribution in [3.63, 3.8) is 0 Å². The quantitative estimate of drug-likeness (QED) is 0.468. The average Bonchev–Trinajstić information content (AvgIpc) is 2.76. The number of amides is 2. The molecular formula is C22H19BrF6N2O3. The number of benzene rings is 2. The van der Waals surface area contributed by atoms with Crippen molar-refractivity contribution < 1.29 is 41.0 Å². The second-order valence-electron chi connectivity index (χ2n) is 7.95. The minimum atomic E-state index is -5.08. The Balaban J connectivity index is 1.99. The van der Waals surface area contributed by atoms with Crippen LogP contribution in [0.2, 0.25) is 0 Å². The van der Waals surface area contributed by atoms with E-state index < -0.39 is 53.0 Å². The molecule has 3 rings (SSSR count). The highest BCUT2D eigenvalue weighted by Crippen LogP contribution is 2.37. The Bertz CT molecular complexity index is 1040. The minimum absolute atomic E-state index is 0.00957. The summed E-state index contributed by atoms with van der Waals surface area (Å²) >= 11 is 3.30. The van der Waals surface area contributed by atoms with Crippen LogP contribution in [-0.2, 0) is 12.4 Å². The van der Waals surface area contributed by atoms with E-state index in [-0.39, 0.29) is 25.6 Å². The smallest absolute Gasteiger partial charge is 0.416 e. The van der Waals surface area contributed by atoms with Crippen LogP contribution >= 0.6 is 15.9 Å². The molecule has 0 saturated carbocycles. The second kappa shape index (κ2) is 9.47. The molecule has 1 fully saturated rings. The lowest BCUT2D eigenvalue weighted by Crippen LogP contribution is -2.51. The average molecular weight is 553 g/mol. The molecule has 0 spiro atoms. The molecule has 1 N–H and O–H groups in total. The van der Waals surface area contributed by atoms with Crippen LogP contribution < -0.4 is 0 Å². The Kier molecular flexibility index (Phi) is 7.20. The van der Waals surface area contributed by atoms with Gasteiger partial charge >= 0.3 is 18.4 Å². The molecule has 12 heteroatoms. The highest BCUT2D eigenvalue weighted by molar-refractivity contribution is 9.10. The number of hydrogen-bond donors (Lipinski definition) is 1. The van der Waals surface area contributed by atoms with Crippen LogP contribution in [0.1, 0.15) is 39.4 Å². The van der Waals surface area contributed by atoms with Crippen LogP contribution in [0, 0.1) is 0 Å². The summed E-state index contributed by atoms with van der Waals surface area (Å²) in [6.45, 7) is 0.0662. The predicted octanol–water partition coefficient (Wildman–Crippen LogP) is 6.09. The summed E-state index contributed by atoms with van der Waals surface area (Å²) in [7, 11) is 1.29. The Morgan fingerprint density at radius 1 is 1.00 bits per heavy atom.